The summed E-state index contributed by atoms with van der Waals surface area (Å²) in [4.78, 5) is 50.3. The summed E-state index contributed by atoms with van der Waals surface area (Å²) in [5.74, 6) is -1.29. The van der Waals surface area contributed by atoms with E-state index in [9.17, 15) is 24.3 Å². The molecule has 4 N–H and O–H groups in total. The fraction of sp³-hybridized carbons (Fsp3) is 0.429. The fourth-order valence-electron chi connectivity index (χ4n) is 2.92. The van der Waals surface area contributed by atoms with Gasteiger partial charge >= 0.3 is 0 Å². The van der Waals surface area contributed by atoms with E-state index in [1.807, 2.05) is 0 Å². The van der Waals surface area contributed by atoms with Gasteiger partial charge in [-0.3, -0.25) is 19.2 Å². The van der Waals surface area contributed by atoms with Crippen molar-refractivity contribution in [1.82, 2.24) is 10.2 Å². The van der Waals surface area contributed by atoms with Crippen LogP contribution in [0.1, 0.15) is 24.2 Å². The molecule has 0 radical (unpaired) electrons. The van der Waals surface area contributed by atoms with Gasteiger partial charge in [0.1, 0.15) is 17.4 Å². The highest BCUT2D eigenvalue weighted by atomic mass is 16.5. The molecule has 0 fully saturated rings. The van der Waals surface area contributed by atoms with Gasteiger partial charge in [-0.25, -0.2) is 0 Å². The van der Waals surface area contributed by atoms with E-state index in [1.165, 1.54) is 30.2 Å². The smallest absolute Gasteiger partial charge is 0.257 e. The lowest BCUT2D eigenvalue weighted by molar-refractivity contribution is -0.122. The van der Waals surface area contributed by atoms with Crippen LogP contribution in [-0.2, 0) is 9.53 Å². The predicted octanol–water partition coefficient (Wildman–Crippen LogP) is 0.633. The Hall–Kier alpha value is -3.40. The van der Waals surface area contributed by atoms with Crippen molar-refractivity contribution in [3.05, 3.63) is 44.2 Å². The molecule has 0 aromatic heterocycles. The van der Waals surface area contributed by atoms with E-state index in [1.54, 1.807) is 27.9 Å². The zero-order chi connectivity index (χ0) is 23.3. The van der Waals surface area contributed by atoms with Crippen LogP contribution in [0, 0.1) is 5.92 Å². The molecular weight excluding hydrogens is 404 g/mol. The largest absolute Gasteiger partial charge is 0.505 e. The number of benzene rings is 1. The number of anilines is 3. The molecule has 0 unspecified atom stereocenters. The number of amides is 2. The minimum Gasteiger partial charge on any atom is -0.505 e. The number of phenolic OH excluding ortho intramolecular Hbond substituents is 1. The van der Waals surface area contributed by atoms with E-state index in [2.05, 4.69) is 16.0 Å². The molecule has 0 spiro atoms. The topological polar surface area (TPSA) is 137 Å². The molecule has 0 saturated carbocycles. The van der Waals surface area contributed by atoms with Crippen molar-refractivity contribution in [1.29, 1.82) is 0 Å². The third-order valence-corrected chi connectivity index (χ3v) is 4.70. The van der Waals surface area contributed by atoms with Crippen LogP contribution in [0.5, 0.6) is 5.75 Å². The average Bonchev–Trinajstić information content (AvgIpc) is 2.73. The third-order valence-electron chi connectivity index (χ3n) is 4.70. The lowest BCUT2D eigenvalue weighted by Crippen LogP contribution is -2.47. The average molecular weight is 432 g/mol. The number of methoxy groups -OCH3 is 1. The van der Waals surface area contributed by atoms with Crippen molar-refractivity contribution >= 4 is 28.9 Å². The van der Waals surface area contributed by atoms with Crippen molar-refractivity contribution in [3.63, 3.8) is 0 Å². The maximum atomic E-state index is 12.5. The van der Waals surface area contributed by atoms with Gasteiger partial charge in [0.25, 0.3) is 16.8 Å². The van der Waals surface area contributed by atoms with Gasteiger partial charge in [-0.1, -0.05) is 19.9 Å². The Balaban J connectivity index is 2.29. The van der Waals surface area contributed by atoms with Crippen LogP contribution < -0.4 is 26.8 Å². The van der Waals surface area contributed by atoms with Crippen LogP contribution in [0.25, 0.3) is 0 Å². The lowest BCUT2D eigenvalue weighted by atomic mass is 10.0. The number of nitrogens with zero attached hydrogens (tertiary/aromatic N) is 1. The monoisotopic (exact) mass is 432 g/mol. The number of ether oxygens (including phenoxy) is 1. The van der Waals surface area contributed by atoms with Crippen LogP contribution in [-0.4, -0.2) is 62.2 Å². The second-order valence-corrected chi connectivity index (χ2v) is 7.58. The maximum absolute atomic E-state index is 12.5. The standard InChI is InChI=1S/C21H28N4O6/c1-11(2)14(20(29)22-9-10-31-5)24-16-15(18(27)19(16)28)23-13-8-6-7-12(17(13)26)21(30)25(3)4/h6-8,11,14,23-24,26H,9-10H2,1-5H3,(H,22,29)/t14-/m1/s1. The number of carbonyl (C=O) groups excluding carboxylic acids is 2. The van der Waals surface area contributed by atoms with Crippen molar-refractivity contribution in [2.75, 3.05) is 45.0 Å². The maximum Gasteiger partial charge on any atom is 0.257 e. The Bertz CT molecular complexity index is 1020. The van der Waals surface area contributed by atoms with E-state index >= 15 is 0 Å². The van der Waals surface area contributed by atoms with E-state index < -0.39 is 22.8 Å². The molecule has 10 nitrogen and oxygen atoms in total. The van der Waals surface area contributed by atoms with Gasteiger partial charge in [-0.15, -0.1) is 0 Å². The van der Waals surface area contributed by atoms with Crippen LogP contribution in [0.3, 0.4) is 0 Å². The Morgan fingerprint density at radius 1 is 1.13 bits per heavy atom. The number of hydrogen-bond donors (Lipinski definition) is 4. The minimum absolute atomic E-state index is 0.0424. The lowest BCUT2D eigenvalue weighted by Gasteiger charge is -2.25. The second-order valence-electron chi connectivity index (χ2n) is 7.58. The molecule has 2 aromatic rings. The Kier molecular flexibility index (Phi) is 7.76. The van der Waals surface area contributed by atoms with Gasteiger partial charge in [-0.05, 0) is 18.1 Å². The molecule has 2 amide bonds. The number of rotatable bonds is 10. The summed E-state index contributed by atoms with van der Waals surface area (Å²) in [5.41, 5.74) is -1.54. The molecule has 1 atom stereocenters. The van der Waals surface area contributed by atoms with Crippen molar-refractivity contribution in [3.8, 4) is 5.75 Å². The summed E-state index contributed by atoms with van der Waals surface area (Å²) in [6.45, 7) is 4.24. The number of nitrogens with one attached hydrogen (secondary N) is 3. The van der Waals surface area contributed by atoms with Crippen molar-refractivity contribution in [2.45, 2.75) is 19.9 Å². The molecule has 2 rings (SSSR count). The summed E-state index contributed by atoms with van der Waals surface area (Å²) < 4.78 is 4.91. The number of para-hydroxylation sites is 1. The zero-order valence-electron chi connectivity index (χ0n) is 18.2. The molecule has 0 aliphatic carbocycles. The predicted molar refractivity (Wildman–Crippen MR) is 118 cm³/mol. The molecule has 31 heavy (non-hydrogen) atoms. The summed E-state index contributed by atoms with van der Waals surface area (Å²) >= 11 is 0. The van der Waals surface area contributed by atoms with E-state index in [-0.39, 0.29) is 40.2 Å². The molecule has 0 saturated heterocycles. The summed E-state index contributed by atoms with van der Waals surface area (Å²) in [6, 6.07) is 3.69. The Morgan fingerprint density at radius 3 is 2.35 bits per heavy atom. The highest BCUT2D eigenvalue weighted by Crippen LogP contribution is 2.32. The van der Waals surface area contributed by atoms with Gasteiger partial charge < -0.3 is 30.7 Å². The Morgan fingerprint density at radius 2 is 1.77 bits per heavy atom. The first kappa shape index (κ1) is 23.9. The minimum atomic E-state index is -0.784. The third kappa shape index (κ3) is 5.21. The van der Waals surface area contributed by atoms with Gasteiger partial charge in [0.05, 0.1) is 17.9 Å². The molecule has 0 bridgehead atoms. The van der Waals surface area contributed by atoms with Gasteiger partial charge in [0, 0.05) is 27.7 Å². The van der Waals surface area contributed by atoms with Gasteiger partial charge in [-0.2, -0.15) is 0 Å². The van der Waals surface area contributed by atoms with E-state index in [0.29, 0.717) is 13.2 Å². The summed E-state index contributed by atoms with van der Waals surface area (Å²) in [5, 5.41) is 18.7. The molecule has 10 heteroatoms. The molecule has 0 heterocycles. The number of aromatic hydroxyl groups is 1. The quantitative estimate of drug-likeness (QED) is 0.244. The molecular formula is C21H28N4O6. The molecule has 0 aliphatic rings. The van der Waals surface area contributed by atoms with Crippen LogP contribution in [0.4, 0.5) is 17.1 Å². The number of hydrogen-bond acceptors (Lipinski definition) is 8. The number of carbonyl (C=O) groups is 2. The first-order valence-electron chi connectivity index (χ1n) is 9.77. The zero-order valence-corrected chi connectivity index (χ0v) is 18.2. The van der Waals surface area contributed by atoms with Crippen LogP contribution >= 0.6 is 0 Å². The van der Waals surface area contributed by atoms with Crippen LogP contribution in [0.15, 0.2) is 27.8 Å². The fourth-order valence-corrected chi connectivity index (χ4v) is 2.92. The number of phenols is 1. The normalized spacial score (nSPS) is 11.9. The van der Waals surface area contributed by atoms with Crippen molar-refractivity contribution in [2.24, 2.45) is 5.92 Å². The highest BCUT2D eigenvalue weighted by Gasteiger charge is 2.29. The van der Waals surface area contributed by atoms with Gasteiger partial charge in [0.15, 0.2) is 5.75 Å². The van der Waals surface area contributed by atoms with E-state index in [4.69, 9.17) is 4.74 Å². The summed E-state index contributed by atoms with van der Waals surface area (Å²) in [7, 11) is 4.61. The molecule has 0 aliphatic heterocycles. The first-order valence-corrected chi connectivity index (χ1v) is 9.77. The summed E-state index contributed by atoms with van der Waals surface area (Å²) in [6.07, 6.45) is 0. The first-order chi connectivity index (χ1) is 14.6. The second kappa shape index (κ2) is 10.1. The van der Waals surface area contributed by atoms with Crippen molar-refractivity contribution < 1.29 is 19.4 Å². The molecule has 168 valence electrons. The van der Waals surface area contributed by atoms with Crippen LogP contribution in [0.2, 0.25) is 0 Å². The SMILES string of the molecule is COCCNC(=O)[C@H](Nc1c(Nc2cccc(C(=O)N(C)C)c2O)c(=O)c1=O)C(C)C. The van der Waals surface area contributed by atoms with Gasteiger partial charge in [0.2, 0.25) is 5.91 Å². The van der Waals surface area contributed by atoms with E-state index in [0.717, 1.165) is 0 Å². The highest BCUT2D eigenvalue weighted by molar-refractivity contribution is 5.99. The molecule has 2 aromatic carbocycles. The Labute approximate surface area is 179 Å².